The van der Waals surface area contributed by atoms with Gasteiger partial charge in [0.05, 0.1) is 6.10 Å². The molecule has 1 aromatic rings. The molecule has 0 saturated heterocycles. The Hall–Kier alpha value is -0.760. The average molecular weight is 226 g/mol. The summed E-state index contributed by atoms with van der Waals surface area (Å²) in [6.07, 6.45) is 9.64. The number of rotatable bonds is 2. The normalized spacial score (nSPS) is 18.5. The highest BCUT2D eigenvalue weighted by Gasteiger charge is 2.13. The molecule has 0 N–H and O–H groups in total. The monoisotopic (exact) mass is 225 g/mol. The first-order valence-electron chi connectivity index (χ1n) is 5.63. The van der Waals surface area contributed by atoms with Gasteiger partial charge in [0.1, 0.15) is 10.9 Å². The lowest BCUT2D eigenvalue weighted by atomic mass is 10.1. The number of aromatic nitrogens is 1. The van der Waals surface area contributed by atoms with E-state index in [0.717, 1.165) is 5.75 Å². The van der Waals surface area contributed by atoms with Crippen molar-refractivity contribution < 1.29 is 4.74 Å². The van der Waals surface area contributed by atoms with Crippen LogP contribution in [0.2, 0.25) is 5.15 Å². The van der Waals surface area contributed by atoms with E-state index in [9.17, 15) is 0 Å². The van der Waals surface area contributed by atoms with Gasteiger partial charge in [-0.1, -0.05) is 24.4 Å². The largest absolute Gasteiger partial charge is 0.490 e. The molecule has 2 rings (SSSR count). The number of hydrogen-bond acceptors (Lipinski definition) is 2. The molecule has 0 unspecified atom stereocenters. The van der Waals surface area contributed by atoms with Crippen LogP contribution in [0, 0.1) is 0 Å². The van der Waals surface area contributed by atoms with Crippen LogP contribution in [0.4, 0.5) is 0 Å². The van der Waals surface area contributed by atoms with Crippen molar-refractivity contribution in [3.8, 4) is 5.75 Å². The van der Waals surface area contributed by atoms with E-state index < -0.39 is 0 Å². The van der Waals surface area contributed by atoms with Crippen molar-refractivity contribution in [1.29, 1.82) is 0 Å². The van der Waals surface area contributed by atoms with Crippen LogP contribution in [0.1, 0.15) is 38.5 Å². The van der Waals surface area contributed by atoms with E-state index in [2.05, 4.69) is 4.98 Å². The highest BCUT2D eigenvalue weighted by molar-refractivity contribution is 6.29. The van der Waals surface area contributed by atoms with Crippen molar-refractivity contribution in [1.82, 2.24) is 4.98 Å². The second-order valence-electron chi connectivity index (χ2n) is 4.05. The molecule has 0 atom stereocenters. The zero-order valence-corrected chi connectivity index (χ0v) is 9.54. The summed E-state index contributed by atoms with van der Waals surface area (Å²) in [5.74, 6) is 0.849. The highest BCUT2D eigenvalue weighted by atomic mass is 35.5. The summed E-state index contributed by atoms with van der Waals surface area (Å²) in [7, 11) is 0. The summed E-state index contributed by atoms with van der Waals surface area (Å²) in [6, 6.07) is 3.66. The summed E-state index contributed by atoms with van der Waals surface area (Å²) in [6.45, 7) is 0. The van der Waals surface area contributed by atoms with Crippen LogP contribution in [0.5, 0.6) is 5.75 Å². The molecule has 1 fully saturated rings. The average Bonchev–Trinajstić information content (AvgIpc) is 2.46. The molecule has 15 heavy (non-hydrogen) atoms. The number of pyridine rings is 1. The first kappa shape index (κ1) is 10.7. The standard InChI is InChI=1S/C12H16ClNO/c13-12-9-11(7-8-14-12)15-10-5-3-1-2-4-6-10/h7-10H,1-6H2. The summed E-state index contributed by atoms with van der Waals surface area (Å²) in [4.78, 5) is 3.94. The quantitative estimate of drug-likeness (QED) is 0.564. The molecule has 1 aliphatic rings. The highest BCUT2D eigenvalue weighted by Crippen LogP contribution is 2.23. The van der Waals surface area contributed by atoms with Gasteiger partial charge in [0.15, 0.2) is 0 Å². The van der Waals surface area contributed by atoms with Gasteiger partial charge in [0, 0.05) is 12.3 Å². The predicted octanol–water partition coefficient (Wildman–Crippen LogP) is 3.84. The Bertz CT molecular complexity index is 308. The lowest BCUT2D eigenvalue weighted by Gasteiger charge is -2.16. The molecule has 0 aliphatic heterocycles. The molecule has 1 aliphatic carbocycles. The third-order valence-electron chi connectivity index (χ3n) is 2.80. The van der Waals surface area contributed by atoms with Crippen molar-refractivity contribution in [2.75, 3.05) is 0 Å². The Kier molecular flexibility index (Phi) is 3.84. The van der Waals surface area contributed by atoms with E-state index in [0.29, 0.717) is 11.3 Å². The van der Waals surface area contributed by atoms with E-state index in [-0.39, 0.29) is 0 Å². The molecular formula is C12H16ClNO. The lowest BCUT2D eigenvalue weighted by Crippen LogP contribution is -2.14. The zero-order valence-electron chi connectivity index (χ0n) is 8.79. The Morgan fingerprint density at radius 2 is 1.93 bits per heavy atom. The van der Waals surface area contributed by atoms with Crippen LogP contribution in [-0.4, -0.2) is 11.1 Å². The van der Waals surface area contributed by atoms with Gasteiger partial charge in [0.2, 0.25) is 0 Å². The van der Waals surface area contributed by atoms with Crippen molar-refractivity contribution in [3.05, 3.63) is 23.5 Å². The maximum absolute atomic E-state index is 5.89. The molecule has 1 saturated carbocycles. The van der Waals surface area contributed by atoms with Crippen LogP contribution >= 0.6 is 11.6 Å². The fourth-order valence-electron chi connectivity index (χ4n) is 2.01. The molecule has 0 amide bonds. The minimum atomic E-state index is 0.367. The summed E-state index contributed by atoms with van der Waals surface area (Å²) >= 11 is 5.80. The summed E-state index contributed by atoms with van der Waals surface area (Å²) in [5, 5.41) is 0.501. The van der Waals surface area contributed by atoms with Crippen molar-refractivity contribution in [2.24, 2.45) is 0 Å². The third kappa shape index (κ3) is 3.38. The molecule has 0 spiro atoms. The van der Waals surface area contributed by atoms with Gasteiger partial charge < -0.3 is 4.74 Å². The Morgan fingerprint density at radius 3 is 2.60 bits per heavy atom. The maximum Gasteiger partial charge on any atom is 0.132 e. The molecule has 1 aromatic heterocycles. The smallest absolute Gasteiger partial charge is 0.132 e. The van der Waals surface area contributed by atoms with Crippen LogP contribution in [-0.2, 0) is 0 Å². The first-order chi connectivity index (χ1) is 7.34. The van der Waals surface area contributed by atoms with Crippen LogP contribution in [0.3, 0.4) is 0 Å². The van der Waals surface area contributed by atoms with Gasteiger partial charge in [-0.2, -0.15) is 0 Å². The molecule has 1 heterocycles. The van der Waals surface area contributed by atoms with Crippen LogP contribution < -0.4 is 4.74 Å². The minimum Gasteiger partial charge on any atom is -0.490 e. The number of nitrogens with zero attached hydrogens (tertiary/aromatic N) is 1. The molecule has 0 radical (unpaired) electrons. The van der Waals surface area contributed by atoms with Gasteiger partial charge in [-0.05, 0) is 31.7 Å². The molecule has 0 bridgehead atoms. The van der Waals surface area contributed by atoms with Crippen molar-refractivity contribution in [2.45, 2.75) is 44.6 Å². The zero-order chi connectivity index (χ0) is 10.5. The fourth-order valence-corrected chi connectivity index (χ4v) is 2.17. The Labute approximate surface area is 95.6 Å². The second kappa shape index (κ2) is 5.36. The molecule has 3 heteroatoms. The van der Waals surface area contributed by atoms with E-state index in [1.807, 2.05) is 6.07 Å². The Morgan fingerprint density at radius 1 is 1.20 bits per heavy atom. The van der Waals surface area contributed by atoms with E-state index in [1.54, 1.807) is 12.3 Å². The molecule has 82 valence electrons. The van der Waals surface area contributed by atoms with Gasteiger partial charge >= 0.3 is 0 Å². The second-order valence-corrected chi connectivity index (χ2v) is 4.43. The van der Waals surface area contributed by atoms with E-state index in [4.69, 9.17) is 16.3 Å². The van der Waals surface area contributed by atoms with Crippen LogP contribution in [0.15, 0.2) is 18.3 Å². The lowest BCUT2D eigenvalue weighted by molar-refractivity contribution is 0.183. The molecule has 0 aromatic carbocycles. The van der Waals surface area contributed by atoms with Gasteiger partial charge in [-0.25, -0.2) is 4.98 Å². The van der Waals surface area contributed by atoms with Gasteiger partial charge in [0.25, 0.3) is 0 Å². The van der Waals surface area contributed by atoms with E-state index in [1.165, 1.54) is 38.5 Å². The van der Waals surface area contributed by atoms with Gasteiger partial charge in [-0.3, -0.25) is 0 Å². The Balaban J connectivity index is 1.95. The molecular weight excluding hydrogens is 210 g/mol. The fraction of sp³-hybridized carbons (Fsp3) is 0.583. The first-order valence-corrected chi connectivity index (χ1v) is 6.00. The minimum absolute atomic E-state index is 0.367. The van der Waals surface area contributed by atoms with E-state index >= 15 is 0 Å². The number of halogens is 1. The predicted molar refractivity (Wildman–Crippen MR) is 61.4 cm³/mol. The maximum atomic E-state index is 5.89. The summed E-state index contributed by atoms with van der Waals surface area (Å²) in [5.41, 5.74) is 0. The van der Waals surface area contributed by atoms with Crippen molar-refractivity contribution in [3.63, 3.8) is 0 Å². The number of ether oxygens (including phenoxy) is 1. The molecule has 2 nitrogen and oxygen atoms in total. The number of hydrogen-bond donors (Lipinski definition) is 0. The topological polar surface area (TPSA) is 22.1 Å². The summed E-state index contributed by atoms with van der Waals surface area (Å²) < 4.78 is 5.89. The van der Waals surface area contributed by atoms with Crippen LogP contribution in [0.25, 0.3) is 0 Å². The van der Waals surface area contributed by atoms with Crippen molar-refractivity contribution >= 4 is 11.6 Å². The third-order valence-corrected chi connectivity index (χ3v) is 3.01. The SMILES string of the molecule is Clc1cc(OC2CCCCCC2)ccn1. The van der Waals surface area contributed by atoms with Gasteiger partial charge in [-0.15, -0.1) is 0 Å².